The van der Waals surface area contributed by atoms with Crippen molar-refractivity contribution in [3.05, 3.63) is 29.8 Å². The van der Waals surface area contributed by atoms with E-state index in [1.807, 2.05) is 0 Å². The number of hydrogen-bond acceptors (Lipinski definition) is 3. The monoisotopic (exact) mass is 326 g/mol. The lowest BCUT2D eigenvalue weighted by Crippen LogP contribution is -2.28. The van der Waals surface area contributed by atoms with E-state index in [1.54, 1.807) is 0 Å². The Balaban J connectivity index is 2.06. The molecule has 0 bridgehead atoms. The molecule has 1 fully saturated rings. The summed E-state index contributed by atoms with van der Waals surface area (Å²) in [6.45, 7) is 0. The third-order valence-corrected chi connectivity index (χ3v) is 4.48. The van der Waals surface area contributed by atoms with Crippen molar-refractivity contribution in [3.63, 3.8) is 0 Å². The molecule has 118 valence electrons. The summed E-state index contributed by atoms with van der Waals surface area (Å²) in [6.07, 6.45) is 1.47. The first-order chi connectivity index (χ1) is 9.69. The van der Waals surface area contributed by atoms with Crippen LogP contribution < -0.4 is 4.18 Å². The molecule has 0 aliphatic heterocycles. The Kier molecular flexibility index (Phi) is 4.46. The largest absolute Gasteiger partial charge is 0.534 e. The maximum atomic E-state index is 13.0. The van der Waals surface area contributed by atoms with Crippen LogP contribution in [0.25, 0.3) is 0 Å². The van der Waals surface area contributed by atoms with Gasteiger partial charge in [-0.2, -0.15) is 21.6 Å². The Bertz CT molecular complexity index is 572. The highest BCUT2D eigenvalue weighted by Crippen LogP contribution is 2.35. The van der Waals surface area contributed by atoms with Crippen LogP contribution in [0.1, 0.15) is 37.2 Å². The van der Waals surface area contributed by atoms with Gasteiger partial charge in [0.2, 0.25) is 0 Å². The average Bonchev–Trinajstić information content (AvgIpc) is 2.39. The minimum absolute atomic E-state index is 0.144. The molecule has 3 nitrogen and oxygen atoms in total. The lowest BCUT2D eigenvalue weighted by molar-refractivity contribution is -0.0500. The topological polar surface area (TPSA) is 43.4 Å². The van der Waals surface area contributed by atoms with E-state index >= 15 is 0 Å². The zero-order valence-electron chi connectivity index (χ0n) is 10.9. The Morgan fingerprint density at radius 3 is 2.00 bits per heavy atom. The van der Waals surface area contributed by atoms with E-state index in [2.05, 4.69) is 4.18 Å². The Morgan fingerprint density at radius 1 is 1.00 bits per heavy atom. The number of halogens is 4. The zero-order valence-corrected chi connectivity index (χ0v) is 11.8. The molecular formula is C13H14F4O3S. The molecular weight excluding hydrogens is 312 g/mol. The van der Waals surface area contributed by atoms with Gasteiger partial charge in [-0.05, 0) is 49.3 Å². The van der Waals surface area contributed by atoms with E-state index in [0.717, 1.165) is 5.56 Å². The Morgan fingerprint density at radius 2 is 1.52 bits per heavy atom. The van der Waals surface area contributed by atoms with Crippen molar-refractivity contribution in [2.45, 2.75) is 43.3 Å². The van der Waals surface area contributed by atoms with Gasteiger partial charge in [0.15, 0.2) is 0 Å². The van der Waals surface area contributed by atoms with Gasteiger partial charge in [-0.3, -0.25) is 0 Å². The molecule has 0 spiro atoms. The number of alkyl halides is 4. The summed E-state index contributed by atoms with van der Waals surface area (Å²) >= 11 is 0. The van der Waals surface area contributed by atoms with Crippen molar-refractivity contribution in [1.82, 2.24) is 0 Å². The summed E-state index contributed by atoms with van der Waals surface area (Å²) in [5.74, 6) is -0.250. The van der Waals surface area contributed by atoms with Crippen molar-refractivity contribution >= 4 is 10.1 Å². The maximum Gasteiger partial charge on any atom is 0.534 e. The van der Waals surface area contributed by atoms with E-state index in [9.17, 15) is 26.0 Å². The fourth-order valence-corrected chi connectivity index (χ4v) is 2.81. The second kappa shape index (κ2) is 5.82. The molecule has 0 amide bonds. The van der Waals surface area contributed by atoms with Crippen LogP contribution in [-0.2, 0) is 10.1 Å². The number of rotatable bonds is 3. The quantitative estimate of drug-likeness (QED) is 0.480. The maximum absolute atomic E-state index is 13.0. The Labute approximate surface area is 120 Å². The second-order valence-electron chi connectivity index (χ2n) is 5.00. The van der Waals surface area contributed by atoms with Gasteiger partial charge in [0.25, 0.3) is 0 Å². The summed E-state index contributed by atoms with van der Waals surface area (Å²) in [4.78, 5) is 0. The molecule has 1 aromatic rings. The van der Waals surface area contributed by atoms with Crippen LogP contribution in [0.4, 0.5) is 17.6 Å². The molecule has 1 aromatic carbocycles. The molecule has 1 aliphatic rings. The standard InChI is InChI=1S/C13H14F4O3S/c14-11-5-1-9(2-6-11)10-3-7-12(8-4-10)20-21(18,19)13(15,16)17/h3-4,7-9,11H,1-2,5-6H2. The summed E-state index contributed by atoms with van der Waals surface area (Å²) < 4.78 is 75.3. The molecule has 21 heavy (non-hydrogen) atoms. The molecule has 2 rings (SSSR count). The van der Waals surface area contributed by atoms with Crippen LogP contribution in [0.3, 0.4) is 0 Å². The lowest BCUT2D eigenvalue weighted by Gasteiger charge is -2.24. The predicted octanol–water partition coefficient (Wildman–Crippen LogP) is 3.91. The highest BCUT2D eigenvalue weighted by Gasteiger charge is 2.48. The second-order valence-corrected chi connectivity index (χ2v) is 6.54. The molecule has 8 heteroatoms. The molecule has 0 heterocycles. The molecule has 0 atom stereocenters. The smallest absolute Gasteiger partial charge is 0.376 e. The number of benzene rings is 1. The van der Waals surface area contributed by atoms with Gasteiger partial charge in [0, 0.05) is 0 Å². The first-order valence-electron chi connectivity index (χ1n) is 6.44. The van der Waals surface area contributed by atoms with Crippen LogP contribution in [0.2, 0.25) is 0 Å². The minimum atomic E-state index is -5.65. The summed E-state index contributed by atoms with van der Waals surface area (Å²) in [5.41, 5.74) is -4.61. The molecule has 0 radical (unpaired) electrons. The molecule has 0 saturated heterocycles. The first kappa shape index (κ1) is 16.1. The van der Waals surface area contributed by atoms with Gasteiger partial charge >= 0.3 is 15.6 Å². The van der Waals surface area contributed by atoms with Crippen molar-refractivity contribution in [2.24, 2.45) is 0 Å². The van der Waals surface area contributed by atoms with Crippen molar-refractivity contribution in [2.75, 3.05) is 0 Å². The van der Waals surface area contributed by atoms with Crippen molar-refractivity contribution in [1.29, 1.82) is 0 Å². The third kappa shape index (κ3) is 3.87. The molecule has 0 unspecified atom stereocenters. The van der Waals surface area contributed by atoms with Crippen LogP contribution in [0, 0.1) is 0 Å². The SMILES string of the molecule is O=S(=O)(Oc1ccc(C2CCC(F)CC2)cc1)C(F)(F)F. The summed E-state index contributed by atoms with van der Waals surface area (Å²) in [5, 5.41) is 0. The van der Waals surface area contributed by atoms with Gasteiger partial charge in [-0.25, -0.2) is 4.39 Å². The zero-order chi connectivity index (χ0) is 15.7. The van der Waals surface area contributed by atoms with E-state index in [4.69, 9.17) is 0 Å². The fraction of sp³-hybridized carbons (Fsp3) is 0.538. The molecule has 0 aromatic heterocycles. The Hall–Kier alpha value is -1.31. The van der Waals surface area contributed by atoms with E-state index < -0.39 is 27.5 Å². The van der Waals surface area contributed by atoms with Crippen molar-refractivity contribution < 1.29 is 30.2 Å². The van der Waals surface area contributed by atoms with Crippen molar-refractivity contribution in [3.8, 4) is 5.75 Å². The van der Waals surface area contributed by atoms with Gasteiger partial charge in [-0.1, -0.05) is 12.1 Å². The fourth-order valence-electron chi connectivity index (χ4n) is 2.36. The lowest BCUT2D eigenvalue weighted by atomic mass is 9.83. The van der Waals surface area contributed by atoms with Gasteiger partial charge in [-0.15, -0.1) is 0 Å². The highest BCUT2D eigenvalue weighted by molar-refractivity contribution is 7.87. The predicted molar refractivity (Wildman–Crippen MR) is 68.1 cm³/mol. The summed E-state index contributed by atoms with van der Waals surface area (Å²) in [7, 11) is -5.65. The van der Waals surface area contributed by atoms with Gasteiger partial charge < -0.3 is 4.18 Å². The number of hydrogen-bond donors (Lipinski definition) is 0. The van der Waals surface area contributed by atoms with E-state index in [-0.39, 0.29) is 5.92 Å². The minimum Gasteiger partial charge on any atom is -0.376 e. The van der Waals surface area contributed by atoms with E-state index in [0.29, 0.717) is 25.7 Å². The highest BCUT2D eigenvalue weighted by atomic mass is 32.2. The van der Waals surface area contributed by atoms with Gasteiger partial charge in [0.05, 0.1) is 0 Å². The molecule has 0 N–H and O–H groups in total. The normalized spacial score (nSPS) is 23.8. The van der Waals surface area contributed by atoms with Crippen LogP contribution >= 0.6 is 0 Å². The average molecular weight is 326 g/mol. The molecule has 1 saturated carbocycles. The molecule has 1 aliphatic carbocycles. The van der Waals surface area contributed by atoms with Crippen LogP contribution in [0.5, 0.6) is 5.75 Å². The first-order valence-corrected chi connectivity index (χ1v) is 7.84. The third-order valence-electron chi connectivity index (χ3n) is 3.50. The van der Waals surface area contributed by atoms with Crippen LogP contribution in [0.15, 0.2) is 24.3 Å². The van der Waals surface area contributed by atoms with E-state index in [1.165, 1.54) is 24.3 Å². The summed E-state index contributed by atoms with van der Waals surface area (Å²) in [6, 6.07) is 5.40. The van der Waals surface area contributed by atoms with Gasteiger partial charge in [0.1, 0.15) is 11.9 Å². The van der Waals surface area contributed by atoms with Crippen LogP contribution in [-0.4, -0.2) is 20.1 Å².